The molecule has 0 spiro atoms. The second-order valence-electron chi connectivity index (χ2n) is 6.70. The molecule has 2 aromatic heterocycles. The van der Waals surface area contributed by atoms with Crippen molar-refractivity contribution >= 4 is 17.0 Å². The smallest absolute Gasteiger partial charge is 0.154 e. The fourth-order valence-corrected chi connectivity index (χ4v) is 3.13. The molecule has 0 atom stereocenters. The van der Waals surface area contributed by atoms with Crippen LogP contribution in [-0.2, 0) is 0 Å². The van der Waals surface area contributed by atoms with Gasteiger partial charge >= 0.3 is 0 Å². The predicted octanol–water partition coefficient (Wildman–Crippen LogP) is 5.57. The Bertz CT molecular complexity index is 1050. The highest BCUT2D eigenvalue weighted by atomic mass is 16.3. The van der Waals surface area contributed by atoms with Gasteiger partial charge in [0.15, 0.2) is 5.82 Å². The maximum Gasteiger partial charge on any atom is 0.154 e. The lowest BCUT2D eigenvalue weighted by Gasteiger charge is -2.11. The van der Waals surface area contributed by atoms with Crippen LogP contribution in [0.15, 0.2) is 73.1 Å². The van der Waals surface area contributed by atoms with Gasteiger partial charge in [0.1, 0.15) is 5.75 Å². The first-order chi connectivity index (χ1) is 12.6. The number of nitrogens with zero attached hydrogens (tertiary/aromatic N) is 2. The number of phenols is 1. The maximum atomic E-state index is 9.76. The summed E-state index contributed by atoms with van der Waals surface area (Å²) in [5, 5.41) is 13.2. The highest BCUT2D eigenvalue weighted by molar-refractivity contribution is 5.78. The summed E-state index contributed by atoms with van der Waals surface area (Å²) in [6.45, 7) is 4.38. The fourth-order valence-electron chi connectivity index (χ4n) is 3.13. The van der Waals surface area contributed by atoms with Gasteiger partial charge in [0.05, 0.1) is 11.2 Å². The number of aromatic nitrogens is 2. The van der Waals surface area contributed by atoms with E-state index >= 15 is 0 Å². The van der Waals surface area contributed by atoms with E-state index in [-0.39, 0.29) is 5.75 Å². The summed E-state index contributed by atoms with van der Waals surface area (Å²) in [6, 6.07) is 19.8. The van der Waals surface area contributed by atoms with Gasteiger partial charge in [-0.25, -0.2) is 4.98 Å². The second kappa shape index (κ2) is 6.56. The van der Waals surface area contributed by atoms with Gasteiger partial charge in [0, 0.05) is 23.6 Å². The molecule has 0 fully saturated rings. The Balaban J connectivity index is 1.71. The number of benzene rings is 2. The third-order valence-electron chi connectivity index (χ3n) is 4.56. The zero-order valence-corrected chi connectivity index (χ0v) is 14.8. The zero-order chi connectivity index (χ0) is 18.1. The van der Waals surface area contributed by atoms with Crippen molar-refractivity contribution in [3.05, 3.63) is 78.6 Å². The van der Waals surface area contributed by atoms with Gasteiger partial charge < -0.3 is 14.8 Å². The van der Waals surface area contributed by atoms with E-state index in [0.717, 1.165) is 28.3 Å². The Kier molecular flexibility index (Phi) is 4.09. The Morgan fingerprint density at radius 3 is 2.54 bits per heavy atom. The summed E-state index contributed by atoms with van der Waals surface area (Å²) in [5.41, 5.74) is 5.28. The highest BCUT2D eigenvalue weighted by Gasteiger charge is 2.09. The highest BCUT2D eigenvalue weighted by Crippen LogP contribution is 2.29. The number of hydrogen-bond acceptors (Lipinski definition) is 3. The van der Waals surface area contributed by atoms with Crippen LogP contribution in [0.4, 0.5) is 11.5 Å². The maximum absolute atomic E-state index is 9.76. The normalized spacial score (nSPS) is 11.2. The van der Waals surface area contributed by atoms with Crippen molar-refractivity contribution in [2.45, 2.75) is 19.8 Å². The van der Waals surface area contributed by atoms with Gasteiger partial charge in [-0.3, -0.25) is 0 Å². The molecule has 0 aliphatic rings. The average Bonchev–Trinajstić information content (AvgIpc) is 3.07. The first-order valence-electron chi connectivity index (χ1n) is 8.74. The Hall–Kier alpha value is -3.27. The minimum atomic E-state index is 0.259. The summed E-state index contributed by atoms with van der Waals surface area (Å²) in [6.07, 6.45) is 3.71. The Morgan fingerprint density at radius 2 is 1.81 bits per heavy atom. The molecule has 130 valence electrons. The predicted molar refractivity (Wildman–Crippen MR) is 106 cm³/mol. The molecule has 0 amide bonds. The molecule has 4 nitrogen and oxygen atoms in total. The molecular weight excluding hydrogens is 322 g/mol. The molecule has 4 aromatic rings. The first kappa shape index (κ1) is 16.2. The number of hydrogen-bond donors (Lipinski definition) is 2. The zero-order valence-electron chi connectivity index (χ0n) is 14.8. The number of phenolic OH excluding ortho intramolecular Hbond substituents is 1. The van der Waals surface area contributed by atoms with Gasteiger partial charge in [-0.1, -0.05) is 38.1 Å². The van der Waals surface area contributed by atoms with Gasteiger partial charge in [-0.15, -0.1) is 0 Å². The van der Waals surface area contributed by atoms with E-state index in [1.165, 1.54) is 5.56 Å². The molecule has 0 saturated heterocycles. The molecule has 0 radical (unpaired) electrons. The van der Waals surface area contributed by atoms with Crippen molar-refractivity contribution in [1.29, 1.82) is 0 Å². The third kappa shape index (κ3) is 3.02. The summed E-state index contributed by atoms with van der Waals surface area (Å²) in [4.78, 5) is 4.50. The van der Waals surface area contributed by atoms with Crippen LogP contribution in [0.5, 0.6) is 5.75 Å². The summed E-state index contributed by atoms with van der Waals surface area (Å²) < 4.78 is 2.08. The Morgan fingerprint density at radius 1 is 1.00 bits per heavy atom. The van der Waals surface area contributed by atoms with E-state index in [2.05, 4.69) is 52.8 Å². The van der Waals surface area contributed by atoms with E-state index in [9.17, 15) is 5.11 Å². The van der Waals surface area contributed by atoms with Crippen molar-refractivity contribution in [3.8, 4) is 17.0 Å². The molecule has 4 heteroatoms. The largest absolute Gasteiger partial charge is 0.508 e. The van der Waals surface area contributed by atoms with Gasteiger partial charge in [0.25, 0.3) is 0 Å². The molecule has 2 N–H and O–H groups in total. The fraction of sp³-hybridized carbons (Fsp3) is 0.136. The van der Waals surface area contributed by atoms with Crippen molar-refractivity contribution in [3.63, 3.8) is 0 Å². The number of nitrogens with one attached hydrogen (secondary N) is 1. The van der Waals surface area contributed by atoms with Crippen LogP contribution in [-0.4, -0.2) is 14.5 Å². The van der Waals surface area contributed by atoms with Crippen LogP contribution in [0.25, 0.3) is 16.8 Å². The number of aromatic hydroxyl groups is 1. The number of anilines is 2. The first-order valence-corrected chi connectivity index (χ1v) is 8.74. The minimum absolute atomic E-state index is 0.259. The molecule has 0 aliphatic carbocycles. The van der Waals surface area contributed by atoms with Crippen LogP contribution in [0, 0.1) is 0 Å². The molecule has 2 heterocycles. The topological polar surface area (TPSA) is 49.6 Å². The molecule has 0 saturated carbocycles. The summed E-state index contributed by atoms with van der Waals surface area (Å²) in [5.74, 6) is 1.58. The van der Waals surface area contributed by atoms with E-state index in [1.54, 1.807) is 18.3 Å². The van der Waals surface area contributed by atoms with E-state index in [1.807, 2.05) is 30.5 Å². The van der Waals surface area contributed by atoms with E-state index < -0.39 is 0 Å². The third-order valence-corrected chi connectivity index (χ3v) is 4.56. The molecule has 0 bridgehead atoms. The quantitative estimate of drug-likeness (QED) is 0.509. The van der Waals surface area contributed by atoms with Crippen LogP contribution in [0.2, 0.25) is 0 Å². The van der Waals surface area contributed by atoms with Crippen molar-refractivity contribution in [1.82, 2.24) is 9.38 Å². The second-order valence-corrected chi connectivity index (χ2v) is 6.70. The molecule has 2 aromatic carbocycles. The van der Waals surface area contributed by atoms with Gasteiger partial charge in [-0.2, -0.15) is 0 Å². The summed E-state index contributed by atoms with van der Waals surface area (Å²) >= 11 is 0. The molecular formula is C22H21N3O. The van der Waals surface area contributed by atoms with E-state index in [4.69, 9.17) is 0 Å². The van der Waals surface area contributed by atoms with Crippen LogP contribution in [0.3, 0.4) is 0 Å². The lowest BCUT2D eigenvalue weighted by molar-refractivity contribution is 0.475. The van der Waals surface area contributed by atoms with Crippen LogP contribution < -0.4 is 5.32 Å². The minimum Gasteiger partial charge on any atom is -0.508 e. The van der Waals surface area contributed by atoms with Gasteiger partial charge in [-0.05, 0) is 47.9 Å². The lowest BCUT2D eigenvalue weighted by atomic mass is 10.0. The van der Waals surface area contributed by atoms with Crippen LogP contribution in [0.1, 0.15) is 25.3 Å². The van der Waals surface area contributed by atoms with Crippen molar-refractivity contribution < 1.29 is 5.11 Å². The lowest BCUT2D eigenvalue weighted by Crippen LogP contribution is -1.98. The monoisotopic (exact) mass is 343 g/mol. The molecule has 0 unspecified atom stereocenters. The molecule has 0 aliphatic heterocycles. The molecule has 4 rings (SSSR count). The SMILES string of the molecule is CC(C)c1ccc(Nc2nccn3c(-c4cccc(O)c4)ccc23)cc1. The standard InChI is InChI=1S/C22H21N3O/c1-15(2)16-6-8-18(9-7-16)24-22-21-11-10-20(25(21)13-12-23-22)17-4-3-5-19(26)14-17/h3-15,26H,1-2H3,(H,23,24). The average molecular weight is 343 g/mol. The van der Waals surface area contributed by atoms with Crippen molar-refractivity contribution in [2.24, 2.45) is 0 Å². The molecule has 26 heavy (non-hydrogen) atoms. The number of fused-ring (bicyclic) bond motifs is 1. The van der Waals surface area contributed by atoms with Crippen molar-refractivity contribution in [2.75, 3.05) is 5.32 Å². The van der Waals surface area contributed by atoms with Crippen LogP contribution >= 0.6 is 0 Å². The Labute approximate surface area is 152 Å². The summed E-state index contributed by atoms with van der Waals surface area (Å²) in [7, 11) is 0. The van der Waals surface area contributed by atoms with Gasteiger partial charge in [0.2, 0.25) is 0 Å². The number of rotatable bonds is 4. The van der Waals surface area contributed by atoms with E-state index in [0.29, 0.717) is 5.92 Å².